The molecule has 2 aromatic carbocycles. The van der Waals surface area contributed by atoms with Crippen molar-refractivity contribution in [1.29, 1.82) is 0 Å². The molecule has 0 fully saturated rings. The number of likely N-dealkylation sites (N-methyl/N-ethyl adjacent to an activating group) is 1. The average Bonchev–Trinajstić information content (AvgIpc) is 2.60. The Morgan fingerprint density at radius 2 is 1.80 bits per heavy atom. The van der Waals surface area contributed by atoms with Gasteiger partial charge in [0, 0.05) is 30.6 Å². The van der Waals surface area contributed by atoms with E-state index in [0.717, 1.165) is 0 Å². The average molecular weight is 440 g/mol. The number of aryl methyl sites for hydroxylation is 2. The Balaban J connectivity index is 0.00000182. The summed E-state index contributed by atoms with van der Waals surface area (Å²) in [6.45, 7) is 2.13. The summed E-state index contributed by atoms with van der Waals surface area (Å²) in [5.41, 5.74) is 7.50. The zero-order valence-electron chi connectivity index (χ0n) is 14.7. The van der Waals surface area contributed by atoms with Crippen molar-refractivity contribution in [1.82, 2.24) is 0 Å². The lowest BCUT2D eigenvalue weighted by Crippen LogP contribution is -3.00. The van der Waals surface area contributed by atoms with Crippen molar-refractivity contribution in [3.05, 3.63) is 83.2 Å². The van der Waals surface area contributed by atoms with E-state index in [4.69, 9.17) is 0 Å². The second kappa shape index (κ2) is 7.00. The number of aromatic nitrogens is 1. The fraction of sp³-hybridized carbons (Fsp3) is 0.136. The van der Waals surface area contributed by atoms with Crippen LogP contribution in [-0.4, -0.2) is 7.05 Å². The van der Waals surface area contributed by atoms with Crippen LogP contribution in [0, 0.1) is 6.92 Å². The lowest BCUT2D eigenvalue weighted by molar-refractivity contribution is -0.644. The molecule has 0 saturated carbocycles. The van der Waals surface area contributed by atoms with Gasteiger partial charge in [0.15, 0.2) is 6.20 Å². The second-order valence-electron chi connectivity index (χ2n) is 6.42. The third kappa shape index (κ3) is 3.21. The standard InChI is InChI=1S/C22H21N2.HI/c1-16-8-11-21-18(14-16)9-10-19(24(21)3)15-17-12-13-23(2)22-7-5-4-6-20(17)22;/h4-15H,1-3H3;1H/q+1;/p-1. The van der Waals surface area contributed by atoms with Crippen LogP contribution in [0.15, 0.2) is 66.5 Å². The minimum Gasteiger partial charge on any atom is -1.00 e. The Morgan fingerprint density at radius 3 is 2.64 bits per heavy atom. The molecule has 2 nitrogen and oxygen atoms in total. The molecule has 3 aromatic rings. The first kappa shape index (κ1) is 17.7. The van der Waals surface area contributed by atoms with Gasteiger partial charge in [-0.25, -0.2) is 4.57 Å². The predicted molar refractivity (Wildman–Crippen MR) is 102 cm³/mol. The normalized spacial score (nSPS) is 14.5. The highest BCUT2D eigenvalue weighted by atomic mass is 127. The van der Waals surface area contributed by atoms with E-state index in [2.05, 4.69) is 103 Å². The van der Waals surface area contributed by atoms with Crippen molar-refractivity contribution in [2.45, 2.75) is 6.92 Å². The van der Waals surface area contributed by atoms with Gasteiger partial charge in [0.05, 0.1) is 5.39 Å². The van der Waals surface area contributed by atoms with Crippen LogP contribution in [0.4, 0.5) is 5.69 Å². The topological polar surface area (TPSA) is 7.12 Å². The fourth-order valence-electron chi connectivity index (χ4n) is 3.36. The first-order chi connectivity index (χ1) is 11.6. The van der Waals surface area contributed by atoms with Gasteiger partial charge in [0.25, 0.3) is 0 Å². The summed E-state index contributed by atoms with van der Waals surface area (Å²) in [5.74, 6) is 0. The zero-order valence-corrected chi connectivity index (χ0v) is 16.9. The van der Waals surface area contributed by atoms with Gasteiger partial charge < -0.3 is 28.9 Å². The highest BCUT2D eigenvalue weighted by molar-refractivity contribution is 5.88. The quantitative estimate of drug-likeness (QED) is 0.411. The van der Waals surface area contributed by atoms with Crippen LogP contribution in [-0.2, 0) is 7.05 Å². The second-order valence-corrected chi connectivity index (χ2v) is 6.42. The molecule has 1 aliphatic rings. The maximum Gasteiger partial charge on any atom is 0.212 e. The fourth-order valence-corrected chi connectivity index (χ4v) is 3.36. The van der Waals surface area contributed by atoms with Crippen LogP contribution in [0.5, 0.6) is 0 Å². The summed E-state index contributed by atoms with van der Waals surface area (Å²) >= 11 is 0. The number of hydrogen-bond donors (Lipinski definition) is 0. The summed E-state index contributed by atoms with van der Waals surface area (Å²) in [5, 5.41) is 1.27. The lowest BCUT2D eigenvalue weighted by atomic mass is 10.0. The van der Waals surface area contributed by atoms with Gasteiger partial charge in [-0.05, 0) is 48.4 Å². The van der Waals surface area contributed by atoms with Crippen LogP contribution in [0.2, 0.25) is 0 Å². The van der Waals surface area contributed by atoms with Gasteiger partial charge in [0.2, 0.25) is 5.52 Å². The van der Waals surface area contributed by atoms with E-state index in [1.165, 1.54) is 39.0 Å². The summed E-state index contributed by atoms with van der Waals surface area (Å²) in [6.07, 6.45) is 8.79. The highest BCUT2D eigenvalue weighted by Crippen LogP contribution is 2.31. The maximum atomic E-state index is 2.27. The SMILES string of the molecule is Cc1ccc2c(c1)C=C/C(=C\c1cc[n+](C)c3ccccc13)N2C.[I-]. The number of rotatable bonds is 1. The Kier molecular flexibility index (Phi) is 4.95. The van der Waals surface area contributed by atoms with Crippen molar-refractivity contribution in [3.63, 3.8) is 0 Å². The van der Waals surface area contributed by atoms with Gasteiger partial charge in [-0.1, -0.05) is 29.8 Å². The highest BCUT2D eigenvalue weighted by Gasteiger charge is 2.15. The predicted octanol–water partition coefficient (Wildman–Crippen LogP) is 1.48. The Labute approximate surface area is 166 Å². The Hall–Kier alpha value is -2.14. The van der Waals surface area contributed by atoms with E-state index < -0.39 is 0 Å². The van der Waals surface area contributed by atoms with E-state index in [0.29, 0.717) is 0 Å². The zero-order chi connectivity index (χ0) is 16.7. The van der Waals surface area contributed by atoms with E-state index in [1.54, 1.807) is 0 Å². The molecule has 0 unspecified atom stereocenters. The summed E-state index contributed by atoms with van der Waals surface area (Å²) in [7, 11) is 4.22. The molecule has 0 atom stereocenters. The number of fused-ring (bicyclic) bond motifs is 2. The molecule has 1 aliphatic heterocycles. The van der Waals surface area contributed by atoms with Crippen molar-refractivity contribution < 1.29 is 28.5 Å². The first-order valence-corrected chi connectivity index (χ1v) is 8.25. The molecule has 0 amide bonds. The molecule has 0 saturated heterocycles. The first-order valence-electron chi connectivity index (χ1n) is 8.25. The maximum absolute atomic E-state index is 2.27. The molecule has 3 heteroatoms. The number of nitrogens with zero attached hydrogens (tertiary/aromatic N) is 2. The van der Waals surface area contributed by atoms with Crippen LogP contribution in [0.1, 0.15) is 16.7 Å². The molecule has 0 spiro atoms. The van der Waals surface area contributed by atoms with Crippen molar-refractivity contribution in [2.24, 2.45) is 7.05 Å². The van der Waals surface area contributed by atoms with Crippen LogP contribution >= 0.6 is 0 Å². The molecular formula is C22H21IN2. The number of anilines is 1. The summed E-state index contributed by atoms with van der Waals surface area (Å²) < 4.78 is 2.16. The van der Waals surface area contributed by atoms with Crippen molar-refractivity contribution in [3.8, 4) is 0 Å². The van der Waals surface area contributed by atoms with Gasteiger partial charge in [-0.15, -0.1) is 0 Å². The summed E-state index contributed by atoms with van der Waals surface area (Å²) in [6, 6.07) is 17.3. The van der Waals surface area contributed by atoms with E-state index in [1.807, 2.05) is 0 Å². The molecule has 4 rings (SSSR count). The molecule has 0 aliphatic carbocycles. The number of pyridine rings is 1. The number of benzene rings is 2. The van der Waals surface area contributed by atoms with Gasteiger partial charge in [0.1, 0.15) is 7.05 Å². The van der Waals surface area contributed by atoms with Crippen LogP contribution < -0.4 is 33.4 Å². The Morgan fingerprint density at radius 1 is 1.00 bits per heavy atom. The van der Waals surface area contributed by atoms with E-state index in [9.17, 15) is 0 Å². The third-order valence-electron chi connectivity index (χ3n) is 4.74. The number of halogens is 1. The smallest absolute Gasteiger partial charge is 0.212 e. The monoisotopic (exact) mass is 440 g/mol. The molecule has 0 bridgehead atoms. The van der Waals surface area contributed by atoms with Gasteiger partial charge in [-0.2, -0.15) is 0 Å². The Bertz CT molecular complexity index is 1000. The van der Waals surface area contributed by atoms with E-state index >= 15 is 0 Å². The van der Waals surface area contributed by atoms with Crippen molar-refractivity contribution >= 4 is 28.7 Å². The molecule has 25 heavy (non-hydrogen) atoms. The summed E-state index contributed by atoms with van der Waals surface area (Å²) in [4.78, 5) is 2.26. The molecule has 126 valence electrons. The van der Waals surface area contributed by atoms with Crippen molar-refractivity contribution in [2.75, 3.05) is 11.9 Å². The lowest BCUT2D eigenvalue weighted by Gasteiger charge is -2.26. The molecule has 0 radical (unpaired) electrons. The minimum atomic E-state index is 0. The number of allylic oxidation sites excluding steroid dienone is 1. The van der Waals surface area contributed by atoms with Crippen LogP contribution in [0.25, 0.3) is 23.1 Å². The molecule has 1 aromatic heterocycles. The molecule has 0 N–H and O–H groups in total. The minimum absolute atomic E-state index is 0. The largest absolute Gasteiger partial charge is 1.00 e. The number of hydrogen-bond acceptors (Lipinski definition) is 1. The van der Waals surface area contributed by atoms with E-state index in [-0.39, 0.29) is 24.0 Å². The van der Waals surface area contributed by atoms with Crippen LogP contribution in [0.3, 0.4) is 0 Å². The molecule has 2 heterocycles. The van der Waals surface area contributed by atoms with Gasteiger partial charge in [-0.3, -0.25) is 0 Å². The van der Waals surface area contributed by atoms with Gasteiger partial charge >= 0.3 is 0 Å². The molecular weight excluding hydrogens is 419 g/mol. The number of para-hydroxylation sites is 1. The third-order valence-corrected chi connectivity index (χ3v) is 4.74.